The predicted molar refractivity (Wildman–Crippen MR) is 92.6 cm³/mol. The summed E-state index contributed by atoms with van der Waals surface area (Å²) in [6, 6.07) is 12.7. The van der Waals surface area contributed by atoms with Gasteiger partial charge >= 0.3 is 0 Å². The van der Waals surface area contributed by atoms with Crippen LogP contribution in [0, 0.1) is 0 Å². The Labute approximate surface area is 141 Å². The molecule has 1 fully saturated rings. The van der Waals surface area contributed by atoms with Crippen LogP contribution in [0.3, 0.4) is 0 Å². The summed E-state index contributed by atoms with van der Waals surface area (Å²) in [6.45, 7) is 0.520. The number of pyridine rings is 1. The van der Waals surface area contributed by atoms with Gasteiger partial charge in [0.2, 0.25) is 10.0 Å². The van der Waals surface area contributed by atoms with E-state index >= 15 is 0 Å². The molecule has 0 spiro atoms. The monoisotopic (exact) mass is 348 g/mol. The molecular formula is C17H20N2O4S. The van der Waals surface area contributed by atoms with Crippen LogP contribution in [-0.2, 0) is 21.3 Å². The van der Waals surface area contributed by atoms with Crippen LogP contribution in [0.2, 0.25) is 0 Å². The number of hydrogen-bond acceptors (Lipinski definition) is 4. The standard InChI is InChI=1S/C17H20N2O4S/c1-23-13-17(9-10-17)24(21,22)18-15-8-5-11-19(16(15)20)12-14-6-3-2-4-7-14/h2-8,11,18H,9-10,12-13H2,1H3. The molecule has 0 radical (unpaired) electrons. The summed E-state index contributed by atoms with van der Waals surface area (Å²) in [5, 5.41) is 0. The lowest BCUT2D eigenvalue weighted by atomic mass is 10.2. The van der Waals surface area contributed by atoms with E-state index < -0.39 is 14.8 Å². The Morgan fingerprint density at radius 1 is 1.17 bits per heavy atom. The SMILES string of the molecule is COCC1(S(=O)(=O)Nc2cccn(Cc3ccccc3)c2=O)CC1. The van der Waals surface area contributed by atoms with Gasteiger partial charge in [-0.1, -0.05) is 30.3 Å². The Morgan fingerprint density at radius 3 is 2.50 bits per heavy atom. The highest BCUT2D eigenvalue weighted by atomic mass is 32.2. The van der Waals surface area contributed by atoms with E-state index in [1.165, 1.54) is 17.7 Å². The second kappa shape index (κ2) is 6.41. The molecule has 1 saturated carbocycles. The lowest BCUT2D eigenvalue weighted by Crippen LogP contribution is -2.36. The van der Waals surface area contributed by atoms with Crippen molar-refractivity contribution in [1.82, 2.24) is 4.57 Å². The molecule has 0 saturated heterocycles. The van der Waals surface area contributed by atoms with E-state index in [1.807, 2.05) is 30.3 Å². The van der Waals surface area contributed by atoms with E-state index in [1.54, 1.807) is 12.3 Å². The molecule has 3 rings (SSSR count). The number of sulfonamides is 1. The van der Waals surface area contributed by atoms with Crippen LogP contribution in [0.4, 0.5) is 5.69 Å². The van der Waals surface area contributed by atoms with Gasteiger partial charge in [-0.15, -0.1) is 0 Å². The first kappa shape index (κ1) is 16.7. The summed E-state index contributed by atoms with van der Waals surface area (Å²) >= 11 is 0. The predicted octanol–water partition coefficient (Wildman–Crippen LogP) is 1.82. The normalized spacial score (nSPS) is 15.9. The lowest BCUT2D eigenvalue weighted by Gasteiger charge is -2.17. The number of nitrogens with one attached hydrogen (secondary N) is 1. The Hall–Kier alpha value is -2.12. The summed E-state index contributed by atoms with van der Waals surface area (Å²) in [4.78, 5) is 12.6. The molecule has 0 aliphatic heterocycles. The summed E-state index contributed by atoms with van der Waals surface area (Å²) < 4.78 is 33.2. The molecule has 1 N–H and O–H groups in total. The molecule has 128 valence electrons. The number of benzene rings is 1. The maximum absolute atomic E-state index is 12.6. The van der Waals surface area contributed by atoms with E-state index in [4.69, 9.17) is 4.74 Å². The first-order chi connectivity index (χ1) is 11.5. The Morgan fingerprint density at radius 2 is 1.88 bits per heavy atom. The summed E-state index contributed by atoms with van der Waals surface area (Å²) in [5.41, 5.74) is 0.673. The van der Waals surface area contributed by atoms with Crippen molar-refractivity contribution >= 4 is 15.7 Å². The van der Waals surface area contributed by atoms with Crippen molar-refractivity contribution in [3.8, 4) is 0 Å². The lowest BCUT2D eigenvalue weighted by molar-refractivity contribution is 0.192. The molecule has 1 aromatic heterocycles. The first-order valence-corrected chi connectivity index (χ1v) is 9.20. The molecule has 0 amide bonds. The average Bonchev–Trinajstić information content (AvgIpc) is 3.34. The van der Waals surface area contributed by atoms with Gasteiger partial charge in [0.25, 0.3) is 5.56 Å². The van der Waals surface area contributed by atoms with Gasteiger partial charge in [-0.3, -0.25) is 9.52 Å². The van der Waals surface area contributed by atoms with Gasteiger partial charge in [0.1, 0.15) is 10.4 Å². The van der Waals surface area contributed by atoms with E-state index in [9.17, 15) is 13.2 Å². The smallest absolute Gasteiger partial charge is 0.275 e. The Balaban J connectivity index is 1.85. The van der Waals surface area contributed by atoms with Crippen molar-refractivity contribution < 1.29 is 13.2 Å². The fraction of sp³-hybridized carbons (Fsp3) is 0.353. The number of nitrogens with zero attached hydrogens (tertiary/aromatic N) is 1. The number of methoxy groups -OCH3 is 1. The minimum atomic E-state index is -3.66. The Bertz CT molecular complexity index is 871. The van der Waals surface area contributed by atoms with Crippen molar-refractivity contribution in [2.45, 2.75) is 24.1 Å². The van der Waals surface area contributed by atoms with Gasteiger partial charge in [-0.25, -0.2) is 8.42 Å². The molecule has 1 aromatic carbocycles. The molecule has 0 unspecified atom stereocenters. The van der Waals surface area contributed by atoms with Crippen molar-refractivity contribution in [3.63, 3.8) is 0 Å². The molecule has 1 heterocycles. The quantitative estimate of drug-likeness (QED) is 0.828. The minimum absolute atomic E-state index is 0.0656. The second-order valence-electron chi connectivity index (χ2n) is 6.06. The van der Waals surface area contributed by atoms with Crippen LogP contribution in [0.15, 0.2) is 53.5 Å². The second-order valence-corrected chi connectivity index (χ2v) is 8.14. The molecule has 24 heavy (non-hydrogen) atoms. The topological polar surface area (TPSA) is 77.4 Å². The number of ether oxygens (including phenoxy) is 1. The highest BCUT2D eigenvalue weighted by molar-refractivity contribution is 7.94. The van der Waals surface area contributed by atoms with Crippen molar-refractivity contribution in [3.05, 3.63) is 64.6 Å². The summed E-state index contributed by atoms with van der Waals surface area (Å²) in [5.74, 6) is 0. The zero-order valence-electron chi connectivity index (χ0n) is 13.4. The van der Waals surface area contributed by atoms with E-state index in [0.29, 0.717) is 19.4 Å². The fourth-order valence-corrected chi connectivity index (χ4v) is 4.24. The van der Waals surface area contributed by atoms with Gasteiger partial charge < -0.3 is 9.30 Å². The minimum Gasteiger partial charge on any atom is -0.383 e. The van der Waals surface area contributed by atoms with E-state index in [-0.39, 0.29) is 17.9 Å². The number of aromatic nitrogens is 1. The van der Waals surface area contributed by atoms with Crippen LogP contribution in [0.5, 0.6) is 0 Å². The molecule has 0 atom stereocenters. The molecule has 0 bridgehead atoms. The number of hydrogen-bond donors (Lipinski definition) is 1. The summed E-state index contributed by atoms with van der Waals surface area (Å²) in [7, 11) is -2.19. The maximum atomic E-state index is 12.6. The third-order valence-electron chi connectivity index (χ3n) is 4.25. The number of anilines is 1. The van der Waals surface area contributed by atoms with Crippen LogP contribution < -0.4 is 10.3 Å². The first-order valence-electron chi connectivity index (χ1n) is 7.72. The molecule has 2 aromatic rings. The van der Waals surface area contributed by atoms with Crippen molar-refractivity contribution in [1.29, 1.82) is 0 Å². The molecule has 6 nitrogen and oxygen atoms in total. The number of rotatable bonds is 7. The van der Waals surface area contributed by atoms with Crippen molar-refractivity contribution in [2.75, 3.05) is 18.4 Å². The molecule has 1 aliphatic carbocycles. The van der Waals surface area contributed by atoms with Crippen molar-refractivity contribution in [2.24, 2.45) is 0 Å². The third kappa shape index (κ3) is 3.22. The molecule has 1 aliphatic rings. The average molecular weight is 348 g/mol. The van der Waals surface area contributed by atoms with Crippen LogP contribution >= 0.6 is 0 Å². The Kier molecular flexibility index (Phi) is 4.47. The van der Waals surface area contributed by atoms with Gasteiger partial charge in [0.15, 0.2) is 0 Å². The van der Waals surface area contributed by atoms with E-state index in [0.717, 1.165) is 5.56 Å². The highest BCUT2D eigenvalue weighted by Gasteiger charge is 2.55. The van der Waals surface area contributed by atoms with Gasteiger partial charge in [0.05, 0.1) is 13.2 Å². The van der Waals surface area contributed by atoms with Crippen LogP contribution in [0.25, 0.3) is 0 Å². The van der Waals surface area contributed by atoms with Crippen LogP contribution in [0.1, 0.15) is 18.4 Å². The zero-order chi connectivity index (χ0) is 17.2. The molecule has 7 heteroatoms. The zero-order valence-corrected chi connectivity index (χ0v) is 14.3. The largest absolute Gasteiger partial charge is 0.383 e. The fourth-order valence-electron chi connectivity index (χ4n) is 2.67. The van der Waals surface area contributed by atoms with Gasteiger partial charge in [-0.05, 0) is 30.5 Å². The third-order valence-corrected chi connectivity index (χ3v) is 6.40. The van der Waals surface area contributed by atoms with Gasteiger partial charge in [0, 0.05) is 13.3 Å². The van der Waals surface area contributed by atoms with E-state index in [2.05, 4.69) is 4.72 Å². The molecular weight excluding hydrogens is 328 g/mol. The van der Waals surface area contributed by atoms with Gasteiger partial charge in [-0.2, -0.15) is 0 Å². The van der Waals surface area contributed by atoms with Crippen LogP contribution in [-0.4, -0.2) is 31.4 Å². The highest BCUT2D eigenvalue weighted by Crippen LogP contribution is 2.44. The maximum Gasteiger partial charge on any atom is 0.275 e. The summed E-state index contributed by atoms with van der Waals surface area (Å²) in [6.07, 6.45) is 2.73.